The van der Waals surface area contributed by atoms with E-state index >= 15 is 0 Å². The summed E-state index contributed by atoms with van der Waals surface area (Å²) in [4.78, 5) is 39.3. The predicted octanol–water partition coefficient (Wildman–Crippen LogP) is 6.73. The van der Waals surface area contributed by atoms with Gasteiger partial charge in [0.15, 0.2) is 20.6 Å². The van der Waals surface area contributed by atoms with Crippen LogP contribution < -0.4 is 17.0 Å². The third-order valence-electron chi connectivity index (χ3n) is 8.85. The summed E-state index contributed by atoms with van der Waals surface area (Å²) >= 11 is 0. The molecular weight excluding hydrogens is 562 g/mol. The van der Waals surface area contributed by atoms with Gasteiger partial charge in [-0.2, -0.15) is 0 Å². The van der Waals surface area contributed by atoms with E-state index in [4.69, 9.17) is 19.6 Å². The molecule has 2 rings (SSSR count). The van der Waals surface area contributed by atoms with Crippen molar-refractivity contribution in [2.45, 2.75) is 160 Å². The molecule has 43 heavy (non-hydrogen) atoms. The zero-order valence-corrected chi connectivity index (χ0v) is 28.7. The molecule has 3 N–H and O–H groups in total. The second-order valence-electron chi connectivity index (χ2n) is 13.5. The van der Waals surface area contributed by atoms with Crippen molar-refractivity contribution in [2.24, 2.45) is 5.73 Å². The Kier molecular flexibility index (Phi) is 16.2. The third-order valence-corrected chi connectivity index (χ3v) is 13.4. The molecule has 0 bridgehead atoms. The first-order chi connectivity index (χ1) is 20.4. The monoisotopic (exact) mass is 621 g/mol. The molecule has 0 saturated carbocycles. The lowest BCUT2D eigenvalue weighted by Crippen LogP contribution is -2.48. The van der Waals surface area contributed by atoms with Gasteiger partial charge in [-0.15, -0.1) is 0 Å². The maximum Gasteiger partial charge on any atom is 0.330 e. The number of carbonyl (C=O) groups is 1. The lowest BCUT2D eigenvalue weighted by Gasteiger charge is -2.37. The van der Waals surface area contributed by atoms with Crippen molar-refractivity contribution in [3.05, 3.63) is 45.3 Å². The standard InChI is InChI=1S/C33H59N3O6Si/c1-7-8-9-10-11-12-13-14-15-16-17-18-19-20-21-22-28(38)42-30-29(34)26(25-40-43(5,6)33(2,3)4)41-31(30)36-24-23-27(37)35-32(36)39/h14-15,23-24,26,29-31H,7-13,16-22,25,34H2,1-6H3,(H,35,37,39)/b15-14-/t26-,29+,30-,31-/m1/s1. The van der Waals surface area contributed by atoms with Crippen LogP contribution in [0.15, 0.2) is 34.0 Å². The van der Waals surface area contributed by atoms with E-state index in [0.29, 0.717) is 0 Å². The zero-order valence-electron chi connectivity index (χ0n) is 27.7. The number of hydrogen-bond donors (Lipinski definition) is 2. The van der Waals surface area contributed by atoms with Gasteiger partial charge in [-0.05, 0) is 50.2 Å². The van der Waals surface area contributed by atoms with Crippen LogP contribution in [0.1, 0.15) is 124 Å². The molecule has 1 fully saturated rings. The van der Waals surface area contributed by atoms with Gasteiger partial charge in [0, 0.05) is 18.7 Å². The van der Waals surface area contributed by atoms with Gasteiger partial charge in [-0.1, -0.05) is 91.2 Å². The minimum Gasteiger partial charge on any atom is -0.456 e. The number of rotatable bonds is 20. The lowest BCUT2D eigenvalue weighted by atomic mass is 10.1. The maximum absolute atomic E-state index is 12.8. The van der Waals surface area contributed by atoms with Gasteiger partial charge in [-0.3, -0.25) is 19.1 Å². The lowest BCUT2D eigenvalue weighted by molar-refractivity contribution is -0.156. The molecule has 0 aromatic carbocycles. The molecule has 10 heteroatoms. The zero-order chi connectivity index (χ0) is 31.9. The van der Waals surface area contributed by atoms with Gasteiger partial charge in [0.25, 0.3) is 5.56 Å². The molecule has 1 aromatic heterocycles. The van der Waals surface area contributed by atoms with Gasteiger partial charge < -0.3 is 19.6 Å². The molecule has 1 aliphatic rings. The quantitative estimate of drug-likeness (QED) is 0.0715. The second-order valence-corrected chi connectivity index (χ2v) is 18.3. The molecule has 0 aliphatic carbocycles. The second kappa shape index (κ2) is 18.7. The largest absolute Gasteiger partial charge is 0.456 e. The van der Waals surface area contributed by atoms with Crippen LogP contribution in [0.25, 0.3) is 0 Å². The minimum atomic E-state index is -2.09. The van der Waals surface area contributed by atoms with E-state index in [-0.39, 0.29) is 24.0 Å². The Morgan fingerprint density at radius 2 is 1.58 bits per heavy atom. The van der Waals surface area contributed by atoms with Crippen molar-refractivity contribution in [2.75, 3.05) is 6.61 Å². The first-order valence-electron chi connectivity index (χ1n) is 16.6. The van der Waals surface area contributed by atoms with E-state index < -0.39 is 44.0 Å². The number of nitrogens with two attached hydrogens (primary N) is 1. The average molecular weight is 622 g/mol. The first-order valence-corrected chi connectivity index (χ1v) is 19.5. The Morgan fingerprint density at radius 1 is 1.00 bits per heavy atom. The van der Waals surface area contributed by atoms with Crippen LogP contribution >= 0.6 is 0 Å². The topological polar surface area (TPSA) is 126 Å². The maximum atomic E-state index is 12.8. The van der Waals surface area contributed by atoms with Gasteiger partial charge in [-0.25, -0.2) is 4.79 Å². The highest BCUT2D eigenvalue weighted by Crippen LogP contribution is 2.38. The van der Waals surface area contributed by atoms with Crippen LogP contribution in [0.4, 0.5) is 0 Å². The summed E-state index contributed by atoms with van der Waals surface area (Å²) in [6, 6.07) is 0.548. The van der Waals surface area contributed by atoms with E-state index in [1.807, 2.05) is 0 Å². The number of nitrogens with zero attached hydrogens (tertiary/aromatic N) is 1. The summed E-state index contributed by atoms with van der Waals surface area (Å²) in [6.07, 6.45) is 19.2. The Bertz CT molecular complexity index is 1090. The molecule has 1 saturated heterocycles. The SMILES string of the molecule is CCCCCCCC/C=C\CCCCCCCC(=O)O[C@@H]1[C@@H](N)[C@@H](CO[Si](C)(C)C(C)(C)C)O[C@H]1n1ccc(=O)[nH]c1=O. The molecule has 0 amide bonds. The average Bonchev–Trinajstić information content (AvgIpc) is 3.23. The van der Waals surface area contributed by atoms with Gasteiger partial charge in [0.2, 0.25) is 0 Å². The van der Waals surface area contributed by atoms with Crippen LogP contribution in [0.5, 0.6) is 0 Å². The number of allylic oxidation sites excluding steroid dienone is 2. The molecule has 1 aliphatic heterocycles. The number of aromatic amines is 1. The van der Waals surface area contributed by atoms with Crippen LogP contribution in [0.3, 0.4) is 0 Å². The van der Waals surface area contributed by atoms with Crippen LogP contribution in [0.2, 0.25) is 18.1 Å². The molecule has 0 spiro atoms. The van der Waals surface area contributed by atoms with Gasteiger partial charge in [0.05, 0.1) is 12.6 Å². The van der Waals surface area contributed by atoms with Crippen LogP contribution in [0, 0.1) is 0 Å². The van der Waals surface area contributed by atoms with Gasteiger partial charge in [0.1, 0.15) is 6.10 Å². The van der Waals surface area contributed by atoms with E-state index in [0.717, 1.165) is 32.1 Å². The summed E-state index contributed by atoms with van der Waals surface area (Å²) < 4.78 is 19.6. The number of H-pyrrole nitrogens is 1. The van der Waals surface area contributed by atoms with Crippen molar-refractivity contribution in [3.8, 4) is 0 Å². The number of unbranched alkanes of at least 4 members (excludes halogenated alkanes) is 11. The fourth-order valence-electron chi connectivity index (χ4n) is 4.95. The van der Waals surface area contributed by atoms with E-state index in [2.05, 4.69) is 57.9 Å². The fourth-order valence-corrected chi connectivity index (χ4v) is 5.96. The molecule has 1 aromatic rings. The number of hydrogen-bond acceptors (Lipinski definition) is 7. The van der Waals surface area contributed by atoms with Crippen molar-refractivity contribution in [1.29, 1.82) is 0 Å². The molecule has 246 valence electrons. The van der Waals surface area contributed by atoms with Crippen molar-refractivity contribution in [3.63, 3.8) is 0 Å². The molecule has 2 heterocycles. The smallest absolute Gasteiger partial charge is 0.330 e. The molecule has 0 radical (unpaired) electrons. The third kappa shape index (κ3) is 12.9. The number of ether oxygens (including phenoxy) is 2. The van der Waals surface area contributed by atoms with Crippen molar-refractivity contribution >= 4 is 14.3 Å². The summed E-state index contributed by atoms with van der Waals surface area (Å²) in [5.41, 5.74) is 5.38. The number of nitrogens with one attached hydrogen (secondary N) is 1. The highest BCUT2D eigenvalue weighted by Gasteiger charge is 2.48. The summed E-state index contributed by atoms with van der Waals surface area (Å²) in [6.45, 7) is 13.2. The molecule has 9 nitrogen and oxygen atoms in total. The number of carbonyl (C=O) groups excluding carboxylic acids is 1. The molecule has 4 atom stereocenters. The van der Waals surface area contributed by atoms with E-state index in [9.17, 15) is 14.4 Å². The van der Waals surface area contributed by atoms with Crippen molar-refractivity contribution < 1.29 is 18.7 Å². The summed E-state index contributed by atoms with van der Waals surface area (Å²) in [5, 5.41) is 0.000757. The summed E-state index contributed by atoms with van der Waals surface area (Å²) in [5.74, 6) is -0.366. The first kappa shape index (κ1) is 37.2. The molecular formula is C33H59N3O6Si. The normalized spacial score (nSPS) is 21.1. The Balaban J connectivity index is 1.79. The van der Waals surface area contributed by atoms with Gasteiger partial charge >= 0.3 is 11.7 Å². The van der Waals surface area contributed by atoms with E-state index in [1.54, 1.807) is 0 Å². The fraction of sp³-hybridized carbons (Fsp3) is 0.788. The number of esters is 1. The summed E-state index contributed by atoms with van der Waals surface area (Å²) in [7, 11) is -2.09. The highest BCUT2D eigenvalue weighted by atomic mass is 28.4. The molecule has 0 unspecified atom stereocenters. The Hall–Kier alpha value is -2.01. The predicted molar refractivity (Wildman–Crippen MR) is 176 cm³/mol. The van der Waals surface area contributed by atoms with Crippen LogP contribution in [-0.4, -0.2) is 48.7 Å². The number of aromatic nitrogens is 2. The van der Waals surface area contributed by atoms with Crippen LogP contribution in [-0.2, 0) is 18.7 Å². The Labute approximate surface area is 260 Å². The van der Waals surface area contributed by atoms with Crippen molar-refractivity contribution in [1.82, 2.24) is 9.55 Å². The van der Waals surface area contributed by atoms with E-state index in [1.165, 1.54) is 68.2 Å². The highest BCUT2D eigenvalue weighted by molar-refractivity contribution is 6.74. The minimum absolute atomic E-state index is 0.000757. The Morgan fingerprint density at radius 3 is 2.16 bits per heavy atom.